The van der Waals surface area contributed by atoms with Crippen molar-refractivity contribution in [1.82, 2.24) is 0 Å². The van der Waals surface area contributed by atoms with Crippen molar-refractivity contribution in [1.29, 1.82) is 0 Å². The van der Waals surface area contributed by atoms with E-state index in [1.807, 2.05) is 18.2 Å². The summed E-state index contributed by atoms with van der Waals surface area (Å²) in [6.07, 6.45) is 1.75. The van der Waals surface area contributed by atoms with Crippen molar-refractivity contribution in [2.75, 3.05) is 7.11 Å². The highest BCUT2D eigenvalue weighted by molar-refractivity contribution is 6.31. The molecule has 0 heterocycles. The molecule has 1 aromatic rings. The number of halogens is 2. The Labute approximate surface area is 112 Å². The molecular weight excluding hydrogens is 259 g/mol. The molecule has 3 unspecified atom stereocenters. The molecule has 0 bridgehead atoms. The summed E-state index contributed by atoms with van der Waals surface area (Å²) in [4.78, 5) is 0. The molecule has 94 valence electrons. The molecule has 2 nitrogen and oxygen atoms in total. The first-order valence-corrected chi connectivity index (χ1v) is 6.59. The molecule has 1 aromatic carbocycles. The molecule has 0 radical (unpaired) electrons. The summed E-state index contributed by atoms with van der Waals surface area (Å²) in [5.74, 6) is 0.835. The third-order valence-electron chi connectivity index (χ3n) is 3.14. The van der Waals surface area contributed by atoms with Crippen LogP contribution in [0, 0.1) is 0 Å². The average Bonchev–Trinajstić information content (AvgIpc) is 2.31. The maximum atomic E-state index is 6.06. The number of benzene rings is 1. The van der Waals surface area contributed by atoms with Crippen LogP contribution in [-0.4, -0.2) is 24.7 Å². The molecule has 4 heteroatoms. The SMILES string of the molecule is CCc1cc(OC2CC(Cl)C2OC)ccc1Cl. The number of methoxy groups -OCH3 is 1. The van der Waals surface area contributed by atoms with E-state index in [1.165, 1.54) is 0 Å². The smallest absolute Gasteiger partial charge is 0.128 e. The molecule has 1 aliphatic carbocycles. The monoisotopic (exact) mass is 274 g/mol. The van der Waals surface area contributed by atoms with Crippen LogP contribution in [0.5, 0.6) is 5.75 Å². The molecule has 1 fully saturated rings. The van der Waals surface area contributed by atoms with Gasteiger partial charge < -0.3 is 9.47 Å². The number of alkyl halides is 1. The molecule has 17 heavy (non-hydrogen) atoms. The largest absolute Gasteiger partial charge is 0.488 e. The topological polar surface area (TPSA) is 18.5 Å². The lowest BCUT2D eigenvalue weighted by molar-refractivity contribution is -0.0583. The number of ether oxygens (including phenoxy) is 2. The van der Waals surface area contributed by atoms with Crippen molar-refractivity contribution < 1.29 is 9.47 Å². The van der Waals surface area contributed by atoms with E-state index >= 15 is 0 Å². The van der Waals surface area contributed by atoms with Crippen LogP contribution in [-0.2, 0) is 11.2 Å². The number of aryl methyl sites for hydroxylation is 1. The summed E-state index contributed by atoms with van der Waals surface area (Å²) < 4.78 is 11.1. The summed E-state index contributed by atoms with van der Waals surface area (Å²) in [5.41, 5.74) is 1.10. The van der Waals surface area contributed by atoms with Gasteiger partial charge in [0.05, 0.1) is 5.38 Å². The second-order valence-corrected chi connectivity index (χ2v) is 5.18. The molecule has 0 aromatic heterocycles. The standard InChI is InChI=1S/C13H16Cl2O2/c1-3-8-6-9(4-5-10(8)14)17-12-7-11(15)13(12)16-2/h4-6,11-13H,3,7H2,1-2H3. The van der Waals surface area contributed by atoms with Gasteiger partial charge >= 0.3 is 0 Å². The molecule has 2 rings (SSSR count). The number of hydrogen-bond acceptors (Lipinski definition) is 2. The van der Waals surface area contributed by atoms with Crippen molar-refractivity contribution >= 4 is 23.2 Å². The van der Waals surface area contributed by atoms with Gasteiger partial charge in [0, 0.05) is 18.6 Å². The van der Waals surface area contributed by atoms with E-state index in [0.29, 0.717) is 0 Å². The van der Waals surface area contributed by atoms with Crippen molar-refractivity contribution in [3.05, 3.63) is 28.8 Å². The van der Waals surface area contributed by atoms with Crippen molar-refractivity contribution in [2.24, 2.45) is 0 Å². The first-order chi connectivity index (χ1) is 8.15. The van der Waals surface area contributed by atoms with Crippen LogP contribution in [0.2, 0.25) is 5.02 Å². The quantitative estimate of drug-likeness (QED) is 0.780. The van der Waals surface area contributed by atoms with E-state index in [1.54, 1.807) is 7.11 Å². The van der Waals surface area contributed by atoms with Gasteiger partial charge in [0.1, 0.15) is 18.0 Å². The first-order valence-electron chi connectivity index (χ1n) is 5.77. The van der Waals surface area contributed by atoms with Gasteiger partial charge in [-0.25, -0.2) is 0 Å². The van der Waals surface area contributed by atoms with Crippen LogP contribution >= 0.6 is 23.2 Å². The zero-order valence-corrected chi connectivity index (χ0v) is 11.5. The Hall–Kier alpha value is -0.440. The van der Waals surface area contributed by atoms with Crippen LogP contribution in [0.4, 0.5) is 0 Å². The third kappa shape index (κ3) is 2.70. The summed E-state index contributed by atoms with van der Waals surface area (Å²) in [6, 6.07) is 5.74. The molecule has 0 aliphatic heterocycles. The molecular formula is C13H16Cl2O2. The minimum atomic E-state index is -0.0163. The minimum absolute atomic E-state index is 0.0163. The number of hydrogen-bond donors (Lipinski definition) is 0. The van der Waals surface area contributed by atoms with Gasteiger partial charge in [-0.2, -0.15) is 0 Å². The zero-order chi connectivity index (χ0) is 12.4. The lowest BCUT2D eigenvalue weighted by atomic mass is 9.91. The lowest BCUT2D eigenvalue weighted by Gasteiger charge is -2.39. The Balaban J connectivity index is 2.04. The predicted molar refractivity (Wildman–Crippen MR) is 70.3 cm³/mol. The Morgan fingerprint density at radius 2 is 2.18 bits per heavy atom. The van der Waals surface area contributed by atoms with Gasteiger partial charge in [-0.3, -0.25) is 0 Å². The number of rotatable bonds is 4. The highest BCUT2D eigenvalue weighted by atomic mass is 35.5. The van der Waals surface area contributed by atoms with Crippen LogP contribution in [0.3, 0.4) is 0 Å². The lowest BCUT2D eigenvalue weighted by Crippen LogP contribution is -2.52. The van der Waals surface area contributed by atoms with Crippen molar-refractivity contribution in [2.45, 2.75) is 37.4 Å². The highest BCUT2D eigenvalue weighted by Gasteiger charge is 2.42. The molecule has 0 spiro atoms. The fourth-order valence-electron chi connectivity index (χ4n) is 2.01. The van der Waals surface area contributed by atoms with E-state index in [0.717, 1.165) is 29.2 Å². The van der Waals surface area contributed by atoms with Gasteiger partial charge in [-0.1, -0.05) is 18.5 Å². The van der Waals surface area contributed by atoms with Crippen LogP contribution < -0.4 is 4.74 Å². The maximum Gasteiger partial charge on any atom is 0.128 e. The van der Waals surface area contributed by atoms with Crippen molar-refractivity contribution in [3.63, 3.8) is 0 Å². The molecule has 0 saturated heterocycles. The molecule has 0 amide bonds. The normalized spacial score (nSPS) is 27.6. The fraction of sp³-hybridized carbons (Fsp3) is 0.538. The second-order valence-electron chi connectivity index (χ2n) is 4.22. The maximum absolute atomic E-state index is 6.06. The summed E-state index contributed by atoms with van der Waals surface area (Å²) >= 11 is 12.1. The van der Waals surface area contributed by atoms with Crippen LogP contribution in [0.1, 0.15) is 18.9 Å². The van der Waals surface area contributed by atoms with E-state index in [2.05, 4.69) is 6.92 Å². The van der Waals surface area contributed by atoms with E-state index < -0.39 is 0 Å². The van der Waals surface area contributed by atoms with E-state index in [9.17, 15) is 0 Å². The third-order valence-corrected chi connectivity index (χ3v) is 3.93. The molecule has 1 saturated carbocycles. The zero-order valence-electron chi connectivity index (χ0n) is 9.95. The molecule has 1 aliphatic rings. The average molecular weight is 275 g/mol. The minimum Gasteiger partial charge on any atom is -0.488 e. The van der Waals surface area contributed by atoms with Crippen LogP contribution in [0.25, 0.3) is 0 Å². The van der Waals surface area contributed by atoms with Gasteiger partial charge in [-0.05, 0) is 30.2 Å². The van der Waals surface area contributed by atoms with Crippen molar-refractivity contribution in [3.8, 4) is 5.75 Å². The van der Waals surface area contributed by atoms with Gasteiger partial charge in [0.15, 0.2) is 0 Å². The Kier molecular flexibility index (Phi) is 4.18. The summed E-state index contributed by atoms with van der Waals surface area (Å²) in [7, 11) is 1.66. The van der Waals surface area contributed by atoms with E-state index in [-0.39, 0.29) is 17.6 Å². The fourth-order valence-corrected chi connectivity index (χ4v) is 2.70. The predicted octanol–water partition coefficient (Wildman–Crippen LogP) is 3.68. The first kappa shape index (κ1) is 13.0. The molecule has 0 N–H and O–H groups in total. The summed E-state index contributed by atoms with van der Waals surface area (Å²) in [5, 5.41) is 0.843. The summed E-state index contributed by atoms with van der Waals surface area (Å²) in [6.45, 7) is 2.07. The van der Waals surface area contributed by atoms with Crippen LogP contribution in [0.15, 0.2) is 18.2 Å². The van der Waals surface area contributed by atoms with Gasteiger partial charge in [0.25, 0.3) is 0 Å². The van der Waals surface area contributed by atoms with E-state index in [4.69, 9.17) is 32.7 Å². The van der Waals surface area contributed by atoms with Gasteiger partial charge in [-0.15, -0.1) is 11.6 Å². The Morgan fingerprint density at radius 3 is 2.76 bits per heavy atom. The highest BCUT2D eigenvalue weighted by Crippen LogP contribution is 2.33. The Morgan fingerprint density at radius 1 is 1.41 bits per heavy atom. The second kappa shape index (κ2) is 5.47. The Bertz CT molecular complexity index is 395. The van der Waals surface area contributed by atoms with Gasteiger partial charge in [0.2, 0.25) is 0 Å². The molecule has 3 atom stereocenters.